The van der Waals surface area contributed by atoms with Gasteiger partial charge in [-0.05, 0) is 30.3 Å². The van der Waals surface area contributed by atoms with Crippen LogP contribution in [0.3, 0.4) is 0 Å². The van der Waals surface area contributed by atoms with Gasteiger partial charge < -0.3 is 14.4 Å². The van der Waals surface area contributed by atoms with Crippen LogP contribution in [0.2, 0.25) is 5.02 Å². The van der Waals surface area contributed by atoms with E-state index >= 15 is 0 Å². The van der Waals surface area contributed by atoms with Crippen LogP contribution >= 0.6 is 11.6 Å². The topological polar surface area (TPSA) is 59.1 Å². The van der Waals surface area contributed by atoms with Gasteiger partial charge in [0, 0.05) is 37.3 Å². The van der Waals surface area contributed by atoms with Gasteiger partial charge in [0.2, 0.25) is 10.0 Å². The summed E-state index contributed by atoms with van der Waals surface area (Å²) in [6.45, 7) is 1.89. The fourth-order valence-corrected chi connectivity index (χ4v) is 4.71. The van der Waals surface area contributed by atoms with E-state index in [1.165, 1.54) is 10.4 Å². The number of sulfonamides is 1. The van der Waals surface area contributed by atoms with Gasteiger partial charge in [-0.3, -0.25) is 0 Å². The van der Waals surface area contributed by atoms with Crippen LogP contribution in [0.1, 0.15) is 0 Å². The fraction of sp³-hybridized carbons (Fsp3) is 0.333. The summed E-state index contributed by atoms with van der Waals surface area (Å²) in [6, 6.07) is 11.9. The first-order chi connectivity index (χ1) is 12.5. The molecule has 3 rings (SSSR count). The van der Waals surface area contributed by atoms with Gasteiger partial charge in [-0.15, -0.1) is 0 Å². The Morgan fingerprint density at radius 1 is 0.962 bits per heavy atom. The summed E-state index contributed by atoms with van der Waals surface area (Å²) in [6.07, 6.45) is 0. The third kappa shape index (κ3) is 3.75. The minimum absolute atomic E-state index is 0.220. The van der Waals surface area contributed by atoms with E-state index in [0.29, 0.717) is 31.2 Å². The number of benzene rings is 2. The van der Waals surface area contributed by atoms with Crippen LogP contribution in [0, 0.1) is 0 Å². The molecule has 0 spiro atoms. The molecule has 2 aromatic rings. The number of piperazine rings is 1. The molecule has 1 aliphatic rings. The van der Waals surface area contributed by atoms with Crippen molar-refractivity contribution in [3.63, 3.8) is 0 Å². The second-order valence-corrected chi connectivity index (χ2v) is 8.26. The largest absolute Gasteiger partial charge is 0.497 e. The fourth-order valence-electron chi connectivity index (χ4n) is 2.99. The molecule has 1 saturated heterocycles. The molecule has 1 aliphatic heterocycles. The number of methoxy groups -OCH3 is 2. The van der Waals surface area contributed by atoms with Gasteiger partial charge in [0.15, 0.2) is 0 Å². The quantitative estimate of drug-likeness (QED) is 0.777. The number of nitrogens with zero attached hydrogens (tertiary/aromatic N) is 2. The Hall–Kier alpha value is -1.96. The van der Waals surface area contributed by atoms with E-state index in [1.54, 1.807) is 32.4 Å². The molecule has 1 heterocycles. The molecule has 8 heteroatoms. The highest BCUT2D eigenvalue weighted by Crippen LogP contribution is 2.33. The first-order valence-electron chi connectivity index (χ1n) is 8.18. The Morgan fingerprint density at radius 3 is 2.31 bits per heavy atom. The lowest BCUT2D eigenvalue weighted by Gasteiger charge is -2.36. The third-order valence-corrected chi connectivity index (χ3v) is 6.53. The number of anilines is 1. The Kier molecular flexibility index (Phi) is 5.60. The van der Waals surface area contributed by atoms with E-state index in [1.807, 2.05) is 18.2 Å². The van der Waals surface area contributed by atoms with Crippen molar-refractivity contribution in [2.45, 2.75) is 4.90 Å². The van der Waals surface area contributed by atoms with Gasteiger partial charge in [-0.2, -0.15) is 4.31 Å². The molecule has 0 N–H and O–H groups in total. The molecule has 0 aromatic heterocycles. The predicted molar refractivity (Wildman–Crippen MR) is 102 cm³/mol. The number of ether oxygens (including phenoxy) is 2. The molecule has 0 radical (unpaired) electrons. The summed E-state index contributed by atoms with van der Waals surface area (Å²) >= 11 is 5.94. The number of hydrogen-bond acceptors (Lipinski definition) is 5. The SMILES string of the molecule is COc1ccc(OC)c(N2CCN(S(=O)(=O)c3cccc(Cl)c3)CC2)c1. The maximum atomic E-state index is 12.8. The summed E-state index contributed by atoms with van der Waals surface area (Å²) in [7, 11) is -0.324. The molecule has 6 nitrogen and oxygen atoms in total. The summed E-state index contributed by atoms with van der Waals surface area (Å²) < 4.78 is 37.8. The average molecular weight is 397 g/mol. The maximum absolute atomic E-state index is 12.8. The summed E-state index contributed by atoms with van der Waals surface area (Å²) in [4.78, 5) is 2.32. The van der Waals surface area contributed by atoms with Crippen molar-refractivity contribution in [1.82, 2.24) is 4.31 Å². The molecule has 26 heavy (non-hydrogen) atoms. The van der Waals surface area contributed by atoms with Crippen molar-refractivity contribution in [2.24, 2.45) is 0 Å². The lowest BCUT2D eigenvalue weighted by atomic mass is 10.2. The van der Waals surface area contributed by atoms with Gasteiger partial charge in [0.1, 0.15) is 11.5 Å². The van der Waals surface area contributed by atoms with E-state index in [-0.39, 0.29) is 4.90 Å². The standard InChI is InChI=1S/C18H21ClN2O4S/c1-24-15-6-7-18(25-2)17(13-15)20-8-10-21(11-9-20)26(22,23)16-5-3-4-14(19)12-16/h3-7,12-13H,8-11H2,1-2H3. The van der Waals surface area contributed by atoms with Crippen molar-refractivity contribution in [1.29, 1.82) is 0 Å². The number of rotatable bonds is 5. The predicted octanol–water partition coefficient (Wildman–Crippen LogP) is 2.87. The molecular weight excluding hydrogens is 376 g/mol. The van der Waals surface area contributed by atoms with Crippen LogP contribution in [0.4, 0.5) is 5.69 Å². The maximum Gasteiger partial charge on any atom is 0.243 e. The van der Waals surface area contributed by atoms with Crippen molar-refractivity contribution in [2.75, 3.05) is 45.3 Å². The third-order valence-electron chi connectivity index (χ3n) is 4.40. The average Bonchev–Trinajstić information content (AvgIpc) is 2.67. The minimum Gasteiger partial charge on any atom is -0.497 e. The van der Waals surface area contributed by atoms with E-state index in [4.69, 9.17) is 21.1 Å². The Labute approximate surface area is 158 Å². The highest BCUT2D eigenvalue weighted by Gasteiger charge is 2.29. The van der Waals surface area contributed by atoms with Crippen molar-refractivity contribution in [3.05, 3.63) is 47.5 Å². The van der Waals surface area contributed by atoms with E-state index in [2.05, 4.69) is 4.90 Å². The molecule has 0 aliphatic carbocycles. The smallest absolute Gasteiger partial charge is 0.243 e. The zero-order valence-electron chi connectivity index (χ0n) is 14.7. The molecule has 0 saturated carbocycles. The summed E-state index contributed by atoms with van der Waals surface area (Å²) in [5.74, 6) is 1.46. The van der Waals surface area contributed by atoms with Gasteiger partial charge in [-0.25, -0.2) is 8.42 Å². The Bertz CT molecular complexity index is 881. The molecule has 0 bridgehead atoms. The van der Waals surface area contributed by atoms with Gasteiger partial charge in [-0.1, -0.05) is 17.7 Å². The van der Waals surface area contributed by atoms with Crippen LogP contribution in [-0.4, -0.2) is 53.1 Å². The molecule has 0 amide bonds. The normalized spacial score (nSPS) is 15.7. The summed E-state index contributed by atoms with van der Waals surface area (Å²) in [5, 5.41) is 0.408. The van der Waals surface area contributed by atoms with E-state index < -0.39 is 10.0 Å². The van der Waals surface area contributed by atoms with Crippen molar-refractivity contribution in [3.8, 4) is 11.5 Å². The minimum atomic E-state index is -3.55. The second kappa shape index (κ2) is 7.73. The van der Waals surface area contributed by atoms with Crippen LogP contribution in [0.15, 0.2) is 47.4 Å². The highest BCUT2D eigenvalue weighted by molar-refractivity contribution is 7.89. The van der Waals surface area contributed by atoms with E-state index in [9.17, 15) is 8.42 Å². The van der Waals surface area contributed by atoms with Gasteiger partial charge in [0.25, 0.3) is 0 Å². The monoisotopic (exact) mass is 396 g/mol. The van der Waals surface area contributed by atoms with Crippen LogP contribution < -0.4 is 14.4 Å². The zero-order valence-corrected chi connectivity index (χ0v) is 16.3. The molecular formula is C18H21ClN2O4S. The summed E-state index contributed by atoms with van der Waals surface area (Å²) in [5.41, 5.74) is 0.895. The highest BCUT2D eigenvalue weighted by atomic mass is 35.5. The molecule has 2 aromatic carbocycles. The van der Waals surface area contributed by atoms with Crippen molar-refractivity contribution < 1.29 is 17.9 Å². The lowest BCUT2D eigenvalue weighted by Crippen LogP contribution is -2.48. The first kappa shape index (κ1) is 18.8. The molecule has 0 atom stereocenters. The van der Waals surface area contributed by atoms with Crippen LogP contribution in [-0.2, 0) is 10.0 Å². The Balaban J connectivity index is 1.77. The number of halogens is 1. The second-order valence-electron chi connectivity index (χ2n) is 5.89. The lowest BCUT2D eigenvalue weighted by molar-refractivity contribution is 0.376. The number of hydrogen-bond donors (Lipinski definition) is 0. The van der Waals surface area contributed by atoms with Crippen LogP contribution in [0.25, 0.3) is 0 Å². The van der Waals surface area contributed by atoms with Gasteiger partial charge >= 0.3 is 0 Å². The van der Waals surface area contributed by atoms with Crippen molar-refractivity contribution >= 4 is 27.3 Å². The molecule has 0 unspecified atom stereocenters. The van der Waals surface area contributed by atoms with E-state index in [0.717, 1.165) is 17.2 Å². The molecule has 140 valence electrons. The zero-order chi connectivity index (χ0) is 18.7. The first-order valence-corrected chi connectivity index (χ1v) is 10.00. The molecule has 1 fully saturated rings. The Morgan fingerprint density at radius 2 is 1.69 bits per heavy atom. The van der Waals surface area contributed by atoms with Gasteiger partial charge in [0.05, 0.1) is 24.8 Å². The van der Waals surface area contributed by atoms with Crippen LogP contribution in [0.5, 0.6) is 11.5 Å².